The highest BCUT2D eigenvalue weighted by Crippen LogP contribution is 2.15. The molecule has 92 valence electrons. The first kappa shape index (κ1) is 12.1. The van der Waals surface area contributed by atoms with Gasteiger partial charge in [0.25, 0.3) is 0 Å². The van der Waals surface area contributed by atoms with Gasteiger partial charge in [-0.25, -0.2) is 0 Å². The molecule has 0 saturated heterocycles. The molecule has 4 nitrogen and oxygen atoms in total. The van der Waals surface area contributed by atoms with Crippen LogP contribution in [0.1, 0.15) is 11.3 Å². The molecule has 0 amide bonds. The Kier molecular flexibility index (Phi) is 3.91. The molecular weight excluding hydrogens is 228 g/mol. The first-order chi connectivity index (χ1) is 8.81. The largest absolute Gasteiger partial charge is 0.481 e. The standard InChI is InChI=1S/C14H14N2O2/c1-17-13-10-12(15-14(16-13)18-2)9-8-11-6-4-3-5-7-11/h3-10H,1-2H3/b9-8+. The van der Waals surface area contributed by atoms with E-state index in [1.165, 1.54) is 7.11 Å². The zero-order chi connectivity index (χ0) is 12.8. The van der Waals surface area contributed by atoms with E-state index in [0.717, 1.165) is 11.3 Å². The summed E-state index contributed by atoms with van der Waals surface area (Å²) in [5.41, 5.74) is 1.84. The van der Waals surface area contributed by atoms with E-state index in [-0.39, 0.29) is 0 Å². The summed E-state index contributed by atoms with van der Waals surface area (Å²) in [6, 6.07) is 12.0. The van der Waals surface area contributed by atoms with Crippen LogP contribution in [0.4, 0.5) is 0 Å². The van der Waals surface area contributed by atoms with Gasteiger partial charge in [0.05, 0.1) is 19.9 Å². The fraction of sp³-hybridized carbons (Fsp3) is 0.143. The Bertz CT molecular complexity index is 516. The van der Waals surface area contributed by atoms with Crippen molar-refractivity contribution in [3.8, 4) is 11.9 Å². The van der Waals surface area contributed by atoms with Crippen LogP contribution in [0.5, 0.6) is 11.9 Å². The lowest BCUT2D eigenvalue weighted by Crippen LogP contribution is -1.96. The molecule has 1 aromatic heterocycles. The monoisotopic (exact) mass is 242 g/mol. The van der Waals surface area contributed by atoms with E-state index >= 15 is 0 Å². The van der Waals surface area contributed by atoms with Gasteiger partial charge in [-0.15, -0.1) is 0 Å². The molecule has 0 fully saturated rings. The fourth-order valence-electron chi connectivity index (χ4n) is 1.45. The van der Waals surface area contributed by atoms with Crippen molar-refractivity contribution >= 4 is 12.2 Å². The van der Waals surface area contributed by atoms with Crippen LogP contribution in [0, 0.1) is 0 Å². The first-order valence-electron chi connectivity index (χ1n) is 5.52. The molecule has 0 unspecified atom stereocenters. The van der Waals surface area contributed by atoms with E-state index < -0.39 is 0 Å². The number of nitrogens with zero attached hydrogens (tertiary/aromatic N) is 2. The Morgan fingerprint density at radius 1 is 0.944 bits per heavy atom. The summed E-state index contributed by atoms with van der Waals surface area (Å²) in [5, 5.41) is 0. The number of ether oxygens (including phenoxy) is 2. The lowest BCUT2D eigenvalue weighted by atomic mass is 10.2. The van der Waals surface area contributed by atoms with Gasteiger partial charge in [0.15, 0.2) is 0 Å². The molecule has 0 aliphatic heterocycles. The van der Waals surface area contributed by atoms with Crippen LogP contribution >= 0.6 is 0 Å². The molecule has 0 spiro atoms. The predicted molar refractivity (Wildman–Crippen MR) is 70.5 cm³/mol. The number of aromatic nitrogens is 2. The molecule has 1 heterocycles. The molecule has 2 rings (SSSR count). The van der Waals surface area contributed by atoms with Crippen molar-refractivity contribution in [1.82, 2.24) is 9.97 Å². The van der Waals surface area contributed by atoms with Crippen LogP contribution in [0.15, 0.2) is 36.4 Å². The molecule has 0 aliphatic carbocycles. The van der Waals surface area contributed by atoms with Gasteiger partial charge in [0.1, 0.15) is 0 Å². The second-order valence-electron chi connectivity index (χ2n) is 3.57. The molecule has 18 heavy (non-hydrogen) atoms. The molecule has 0 aliphatic rings. The smallest absolute Gasteiger partial charge is 0.319 e. The van der Waals surface area contributed by atoms with Crippen molar-refractivity contribution in [2.45, 2.75) is 0 Å². The lowest BCUT2D eigenvalue weighted by Gasteiger charge is -2.03. The van der Waals surface area contributed by atoms with Gasteiger partial charge in [-0.05, 0) is 11.6 Å². The molecule has 2 aromatic rings. The van der Waals surface area contributed by atoms with Gasteiger partial charge in [0.2, 0.25) is 5.88 Å². The molecule has 4 heteroatoms. The quantitative estimate of drug-likeness (QED) is 0.826. The zero-order valence-corrected chi connectivity index (χ0v) is 10.3. The molecule has 0 N–H and O–H groups in total. The maximum Gasteiger partial charge on any atom is 0.319 e. The normalized spacial score (nSPS) is 10.6. The summed E-state index contributed by atoms with van der Waals surface area (Å²) in [6.07, 6.45) is 3.86. The molecule has 1 aromatic carbocycles. The molecule has 0 saturated carbocycles. The van der Waals surface area contributed by atoms with E-state index in [9.17, 15) is 0 Å². The van der Waals surface area contributed by atoms with Gasteiger partial charge < -0.3 is 9.47 Å². The average Bonchev–Trinajstić information content (AvgIpc) is 2.45. The number of methoxy groups -OCH3 is 2. The third kappa shape index (κ3) is 3.07. The summed E-state index contributed by atoms with van der Waals surface area (Å²) in [5.74, 6) is 0.481. The van der Waals surface area contributed by atoms with Crippen LogP contribution in [0.3, 0.4) is 0 Å². The van der Waals surface area contributed by atoms with Crippen LogP contribution in [0.25, 0.3) is 12.2 Å². The zero-order valence-electron chi connectivity index (χ0n) is 10.3. The highest BCUT2D eigenvalue weighted by Gasteiger charge is 2.02. The number of rotatable bonds is 4. The third-order valence-corrected chi connectivity index (χ3v) is 2.34. The van der Waals surface area contributed by atoms with E-state index in [0.29, 0.717) is 11.9 Å². The predicted octanol–water partition coefficient (Wildman–Crippen LogP) is 2.66. The van der Waals surface area contributed by atoms with Crippen LogP contribution in [0.2, 0.25) is 0 Å². The van der Waals surface area contributed by atoms with Crippen molar-refractivity contribution in [3.05, 3.63) is 47.7 Å². The van der Waals surface area contributed by atoms with Gasteiger partial charge >= 0.3 is 6.01 Å². The van der Waals surface area contributed by atoms with Crippen LogP contribution in [-0.2, 0) is 0 Å². The Hall–Kier alpha value is -2.36. The summed E-state index contributed by atoms with van der Waals surface area (Å²) >= 11 is 0. The highest BCUT2D eigenvalue weighted by atomic mass is 16.5. The second kappa shape index (κ2) is 5.82. The second-order valence-corrected chi connectivity index (χ2v) is 3.57. The van der Waals surface area contributed by atoms with Gasteiger partial charge in [-0.1, -0.05) is 36.4 Å². The Balaban J connectivity index is 2.25. The van der Waals surface area contributed by atoms with Crippen molar-refractivity contribution in [1.29, 1.82) is 0 Å². The van der Waals surface area contributed by atoms with Crippen molar-refractivity contribution in [2.75, 3.05) is 14.2 Å². The fourth-order valence-corrected chi connectivity index (χ4v) is 1.45. The van der Waals surface area contributed by atoms with E-state index in [2.05, 4.69) is 9.97 Å². The molecule has 0 atom stereocenters. The maximum absolute atomic E-state index is 5.08. The van der Waals surface area contributed by atoms with Crippen LogP contribution in [-0.4, -0.2) is 24.2 Å². The van der Waals surface area contributed by atoms with Gasteiger partial charge in [-0.3, -0.25) is 0 Å². The Morgan fingerprint density at radius 3 is 2.39 bits per heavy atom. The molecule has 0 radical (unpaired) electrons. The van der Waals surface area contributed by atoms with Gasteiger partial charge in [0, 0.05) is 6.07 Å². The number of benzene rings is 1. The average molecular weight is 242 g/mol. The number of hydrogen-bond acceptors (Lipinski definition) is 4. The van der Waals surface area contributed by atoms with Crippen molar-refractivity contribution in [2.24, 2.45) is 0 Å². The summed E-state index contributed by atoms with van der Waals surface area (Å²) in [7, 11) is 3.09. The summed E-state index contributed by atoms with van der Waals surface area (Å²) in [4.78, 5) is 8.25. The summed E-state index contributed by atoms with van der Waals surface area (Å²) in [6.45, 7) is 0. The Labute approximate surface area is 106 Å². The van der Waals surface area contributed by atoms with E-state index in [1.54, 1.807) is 13.2 Å². The van der Waals surface area contributed by atoms with Crippen molar-refractivity contribution < 1.29 is 9.47 Å². The highest BCUT2D eigenvalue weighted by molar-refractivity contribution is 5.68. The topological polar surface area (TPSA) is 44.2 Å². The van der Waals surface area contributed by atoms with Gasteiger partial charge in [-0.2, -0.15) is 9.97 Å². The van der Waals surface area contributed by atoms with Crippen LogP contribution < -0.4 is 9.47 Å². The minimum Gasteiger partial charge on any atom is -0.481 e. The lowest BCUT2D eigenvalue weighted by molar-refractivity contribution is 0.351. The third-order valence-electron chi connectivity index (χ3n) is 2.34. The molecule has 0 bridgehead atoms. The van der Waals surface area contributed by atoms with E-state index in [4.69, 9.17) is 9.47 Å². The minimum absolute atomic E-state index is 0.294. The Morgan fingerprint density at radius 2 is 1.72 bits per heavy atom. The number of hydrogen-bond donors (Lipinski definition) is 0. The maximum atomic E-state index is 5.08. The minimum atomic E-state index is 0.294. The van der Waals surface area contributed by atoms with Crippen molar-refractivity contribution in [3.63, 3.8) is 0 Å². The first-order valence-corrected chi connectivity index (χ1v) is 5.52. The van der Waals surface area contributed by atoms with E-state index in [1.807, 2.05) is 42.5 Å². The summed E-state index contributed by atoms with van der Waals surface area (Å²) < 4.78 is 10.1. The molecular formula is C14H14N2O2. The SMILES string of the molecule is COc1cc(/C=C/c2ccccc2)nc(OC)n1.